The number of amides is 2. The number of methoxy groups -OCH3 is 1. The molecule has 0 fully saturated rings. The lowest BCUT2D eigenvalue weighted by Gasteiger charge is -2.12. The number of likely N-dealkylation sites (N-methyl/N-ethyl adjacent to an activating group) is 1. The number of rotatable bonds is 8. The number of hydrogen-bond donors (Lipinski definition) is 3. The molecule has 2 amide bonds. The van der Waals surface area contributed by atoms with Gasteiger partial charge in [0.05, 0.1) is 7.11 Å². The van der Waals surface area contributed by atoms with Crippen molar-refractivity contribution in [1.29, 1.82) is 0 Å². The molecule has 0 atom stereocenters. The molecule has 0 aliphatic heterocycles. The largest absolute Gasteiger partial charge is 0.493 e. The van der Waals surface area contributed by atoms with E-state index in [1.165, 1.54) is 7.11 Å². The molecular formula is C21H22ClN3O4. The van der Waals surface area contributed by atoms with Crippen LogP contribution < -0.4 is 20.1 Å². The highest BCUT2D eigenvalue weighted by Crippen LogP contribution is 2.28. The molecule has 7 nitrogen and oxygen atoms in total. The van der Waals surface area contributed by atoms with Crippen LogP contribution >= 0.6 is 11.6 Å². The average Bonchev–Trinajstić information content (AvgIpc) is 3.14. The van der Waals surface area contributed by atoms with Gasteiger partial charge in [-0.2, -0.15) is 0 Å². The first-order chi connectivity index (χ1) is 14.0. The van der Waals surface area contributed by atoms with Gasteiger partial charge < -0.3 is 25.1 Å². The second-order valence-corrected chi connectivity index (χ2v) is 6.76. The number of aromatic amines is 1. The van der Waals surface area contributed by atoms with Crippen molar-refractivity contribution in [3.8, 4) is 11.5 Å². The molecule has 0 bridgehead atoms. The topological polar surface area (TPSA) is 92.5 Å². The molecule has 29 heavy (non-hydrogen) atoms. The first kappa shape index (κ1) is 20.5. The third kappa shape index (κ3) is 5.20. The zero-order chi connectivity index (χ0) is 20.8. The number of ether oxygens (including phenoxy) is 2. The lowest BCUT2D eigenvalue weighted by atomic mass is 10.2. The fraction of sp³-hybridized carbons (Fsp3) is 0.238. The summed E-state index contributed by atoms with van der Waals surface area (Å²) in [5.74, 6) is 0.515. The van der Waals surface area contributed by atoms with E-state index in [1.807, 2.05) is 13.0 Å². The van der Waals surface area contributed by atoms with Crippen molar-refractivity contribution in [2.75, 3.05) is 20.3 Å². The van der Waals surface area contributed by atoms with Crippen LogP contribution in [0.2, 0.25) is 5.02 Å². The van der Waals surface area contributed by atoms with Crippen molar-refractivity contribution in [2.24, 2.45) is 0 Å². The van der Waals surface area contributed by atoms with Crippen molar-refractivity contribution in [3.05, 3.63) is 58.7 Å². The summed E-state index contributed by atoms with van der Waals surface area (Å²) >= 11 is 5.98. The van der Waals surface area contributed by atoms with Crippen LogP contribution in [0.4, 0.5) is 0 Å². The van der Waals surface area contributed by atoms with Crippen LogP contribution in [0.5, 0.6) is 11.5 Å². The first-order valence-electron chi connectivity index (χ1n) is 9.13. The van der Waals surface area contributed by atoms with Gasteiger partial charge in [-0.1, -0.05) is 23.7 Å². The Labute approximate surface area is 173 Å². The van der Waals surface area contributed by atoms with Gasteiger partial charge in [0, 0.05) is 29.0 Å². The minimum atomic E-state index is -0.229. The van der Waals surface area contributed by atoms with Crippen LogP contribution in [-0.4, -0.2) is 37.1 Å². The highest BCUT2D eigenvalue weighted by molar-refractivity contribution is 6.31. The van der Waals surface area contributed by atoms with Crippen LogP contribution in [0, 0.1) is 0 Å². The zero-order valence-electron chi connectivity index (χ0n) is 16.2. The average molecular weight is 416 g/mol. The summed E-state index contributed by atoms with van der Waals surface area (Å²) in [4.78, 5) is 27.1. The van der Waals surface area contributed by atoms with E-state index in [0.717, 1.165) is 16.5 Å². The minimum Gasteiger partial charge on any atom is -0.493 e. The Morgan fingerprint density at radius 1 is 1.07 bits per heavy atom. The highest BCUT2D eigenvalue weighted by atomic mass is 35.5. The molecule has 3 rings (SSSR count). The normalized spacial score (nSPS) is 10.6. The summed E-state index contributed by atoms with van der Waals surface area (Å²) in [6, 6.07) is 12.5. The molecule has 0 radical (unpaired) electrons. The summed E-state index contributed by atoms with van der Waals surface area (Å²) in [6.45, 7) is 2.60. The van der Waals surface area contributed by atoms with E-state index < -0.39 is 0 Å². The molecule has 0 saturated carbocycles. The highest BCUT2D eigenvalue weighted by Gasteiger charge is 2.12. The van der Waals surface area contributed by atoms with Crippen molar-refractivity contribution >= 4 is 34.3 Å². The van der Waals surface area contributed by atoms with Crippen molar-refractivity contribution in [1.82, 2.24) is 15.6 Å². The maximum absolute atomic E-state index is 12.5. The Morgan fingerprint density at radius 3 is 2.66 bits per heavy atom. The molecule has 8 heteroatoms. The molecule has 0 saturated heterocycles. The summed E-state index contributed by atoms with van der Waals surface area (Å²) < 4.78 is 10.8. The summed E-state index contributed by atoms with van der Waals surface area (Å²) in [7, 11) is 1.52. The van der Waals surface area contributed by atoms with Crippen LogP contribution in [0.1, 0.15) is 23.0 Å². The number of fused-ring (bicyclic) bond motifs is 1. The van der Waals surface area contributed by atoms with Gasteiger partial charge in [-0.05, 0) is 42.8 Å². The Morgan fingerprint density at radius 2 is 1.90 bits per heavy atom. The Balaban J connectivity index is 1.63. The van der Waals surface area contributed by atoms with Gasteiger partial charge in [0.25, 0.3) is 11.8 Å². The number of carbonyl (C=O) groups excluding carboxylic acids is 2. The number of nitrogens with one attached hydrogen (secondary N) is 3. The minimum absolute atomic E-state index is 0.0926. The lowest BCUT2D eigenvalue weighted by Crippen LogP contribution is -2.28. The molecule has 1 aromatic heterocycles. The van der Waals surface area contributed by atoms with Crippen LogP contribution in [-0.2, 0) is 11.3 Å². The molecule has 0 unspecified atom stereocenters. The van der Waals surface area contributed by atoms with Crippen LogP contribution in [0.15, 0.2) is 42.5 Å². The molecule has 2 aromatic carbocycles. The van der Waals surface area contributed by atoms with Gasteiger partial charge in [0.15, 0.2) is 18.1 Å². The monoisotopic (exact) mass is 415 g/mol. The Kier molecular flexibility index (Phi) is 6.61. The Bertz CT molecular complexity index is 1030. The first-order valence-corrected chi connectivity index (χ1v) is 9.51. The van der Waals surface area contributed by atoms with E-state index in [0.29, 0.717) is 35.3 Å². The van der Waals surface area contributed by atoms with E-state index in [4.69, 9.17) is 21.1 Å². The van der Waals surface area contributed by atoms with Gasteiger partial charge in [-0.25, -0.2) is 0 Å². The predicted octanol–water partition coefficient (Wildman–Crippen LogP) is 3.27. The van der Waals surface area contributed by atoms with E-state index in [9.17, 15) is 9.59 Å². The smallest absolute Gasteiger partial charge is 0.267 e. The summed E-state index contributed by atoms with van der Waals surface area (Å²) in [5.41, 5.74) is 2.09. The van der Waals surface area contributed by atoms with E-state index in [1.54, 1.807) is 36.4 Å². The molecular weight excluding hydrogens is 394 g/mol. The number of carbonyl (C=O) groups is 2. The van der Waals surface area contributed by atoms with E-state index >= 15 is 0 Å². The standard InChI is InChI=1S/C21H22ClN3O4/c1-3-23-20(26)12-29-18-7-4-13(8-19(18)28-2)11-24-21(27)17-9-14-5-6-15(22)10-16(14)25-17/h4-10,25H,3,11-12H2,1-2H3,(H,23,26)(H,24,27). The number of aromatic nitrogens is 1. The summed E-state index contributed by atoms with van der Waals surface area (Å²) in [5, 5.41) is 7.04. The van der Waals surface area contributed by atoms with Crippen LogP contribution in [0.3, 0.4) is 0 Å². The van der Waals surface area contributed by atoms with Crippen molar-refractivity contribution in [3.63, 3.8) is 0 Å². The van der Waals surface area contributed by atoms with Crippen molar-refractivity contribution < 1.29 is 19.1 Å². The molecule has 3 aromatic rings. The Hall–Kier alpha value is -3.19. The van der Waals surface area contributed by atoms with Gasteiger partial charge in [0.2, 0.25) is 0 Å². The third-order valence-corrected chi connectivity index (χ3v) is 4.48. The fourth-order valence-electron chi connectivity index (χ4n) is 2.83. The molecule has 3 N–H and O–H groups in total. The van der Waals surface area contributed by atoms with Crippen LogP contribution in [0.25, 0.3) is 10.9 Å². The van der Waals surface area contributed by atoms with Gasteiger partial charge in [0.1, 0.15) is 5.69 Å². The predicted molar refractivity (Wildman–Crippen MR) is 112 cm³/mol. The van der Waals surface area contributed by atoms with E-state index in [2.05, 4.69) is 15.6 Å². The number of hydrogen-bond acceptors (Lipinski definition) is 4. The zero-order valence-corrected chi connectivity index (χ0v) is 16.9. The van der Waals surface area contributed by atoms with E-state index in [-0.39, 0.29) is 18.4 Å². The second-order valence-electron chi connectivity index (χ2n) is 6.32. The van der Waals surface area contributed by atoms with Gasteiger partial charge in [-0.15, -0.1) is 0 Å². The number of H-pyrrole nitrogens is 1. The maximum Gasteiger partial charge on any atom is 0.267 e. The van der Waals surface area contributed by atoms with Gasteiger partial charge >= 0.3 is 0 Å². The molecule has 0 spiro atoms. The number of benzene rings is 2. The molecule has 152 valence electrons. The fourth-order valence-corrected chi connectivity index (χ4v) is 3.00. The number of halogens is 1. The molecule has 0 aliphatic carbocycles. The SMILES string of the molecule is CCNC(=O)COc1ccc(CNC(=O)c2cc3ccc(Cl)cc3[nH]2)cc1OC. The molecule has 0 aliphatic rings. The molecule has 1 heterocycles. The maximum atomic E-state index is 12.5. The van der Waals surface area contributed by atoms with Crippen molar-refractivity contribution in [2.45, 2.75) is 13.5 Å². The lowest BCUT2D eigenvalue weighted by molar-refractivity contribution is -0.123. The third-order valence-electron chi connectivity index (χ3n) is 4.24. The quantitative estimate of drug-likeness (QED) is 0.526. The van der Waals surface area contributed by atoms with Gasteiger partial charge in [-0.3, -0.25) is 9.59 Å². The second kappa shape index (κ2) is 9.34. The summed E-state index contributed by atoms with van der Waals surface area (Å²) in [6.07, 6.45) is 0.